The van der Waals surface area contributed by atoms with Gasteiger partial charge >= 0.3 is 11.9 Å². The standard InChI is InChI=1S/C10H5F2I3O4/c11-10(12,9(17)18)3-19-8(16)5-1-4(13)2-6(14)7(5)15/h1-2H,3H2,(H,17,18)/p-1. The number of hydrogen-bond acceptors (Lipinski definition) is 4. The van der Waals surface area contributed by atoms with E-state index >= 15 is 0 Å². The number of rotatable bonds is 4. The van der Waals surface area contributed by atoms with Crippen LogP contribution in [0.1, 0.15) is 10.4 Å². The number of ether oxygens (including phenoxy) is 1. The van der Waals surface area contributed by atoms with Crippen LogP contribution in [0.25, 0.3) is 0 Å². The van der Waals surface area contributed by atoms with Crippen molar-refractivity contribution in [2.24, 2.45) is 0 Å². The molecule has 9 heteroatoms. The van der Waals surface area contributed by atoms with Gasteiger partial charge in [0.2, 0.25) is 0 Å². The Morgan fingerprint density at radius 1 is 1.26 bits per heavy atom. The first-order valence-electron chi connectivity index (χ1n) is 4.56. The van der Waals surface area contributed by atoms with Gasteiger partial charge in [0.05, 0.1) is 5.56 Å². The van der Waals surface area contributed by atoms with Gasteiger partial charge in [-0.25, -0.2) is 4.79 Å². The van der Waals surface area contributed by atoms with Gasteiger partial charge in [0.15, 0.2) is 6.61 Å². The fourth-order valence-electron chi connectivity index (χ4n) is 0.997. The minimum absolute atomic E-state index is 0.117. The number of carboxylic acid groups (broad SMARTS) is 1. The van der Waals surface area contributed by atoms with Gasteiger partial charge in [-0.3, -0.25) is 0 Å². The topological polar surface area (TPSA) is 66.4 Å². The predicted octanol–water partition coefficient (Wildman–Crippen LogP) is 2.04. The highest BCUT2D eigenvalue weighted by Gasteiger charge is 2.33. The van der Waals surface area contributed by atoms with E-state index in [2.05, 4.69) is 4.74 Å². The summed E-state index contributed by atoms with van der Waals surface area (Å²) in [6.45, 7) is -1.55. The van der Waals surface area contributed by atoms with Crippen molar-refractivity contribution in [1.29, 1.82) is 0 Å². The smallest absolute Gasteiger partial charge is 0.339 e. The van der Waals surface area contributed by atoms with Crippen molar-refractivity contribution in [2.45, 2.75) is 5.92 Å². The van der Waals surface area contributed by atoms with Crippen molar-refractivity contribution >= 4 is 79.7 Å². The minimum Gasteiger partial charge on any atom is -0.544 e. The van der Waals surface area contributed by atoms with E-state index in [1.807, 2.05) is 67.8 Å². The van der Waals surface area contributed by atoms with E-state index in [1.54, 1.807) is 6.07 Å². The SMILES string of the molecule is O=C(OCC(F)(F)C(=O)[O-])c1cc(I)cc(I)c1I. The van der Waals surface area contributed by atoms with Gasteiger partial charge in [0.1, 0.15) is 5.97 Å². The largest absolute Gasteiger partial charge is 0.544 e. The van der Waals surface area contributed by atoms with Gasteiger partial charge in [-0.05, 0) is 79.9 Å². The molecule has 0 aromatic heterocycles. The second-order valence-electron chi connectivity index (χ2n) is 3.32. The number of hydrogen-bond donors (Lipinski definition) is 0. The summed E-state index contributed by atoms with van der Waals surface area (Å²) in [5.41, 5.74) is 0.117. The van der Waals surface area contributed by atoms with Crippen LogP contribution in [0.4, 0.5) is 8.78 Å². The molecule has 0 N–H and O–H groups in total. The van der Waals surface area contributed by atoms with E-state index in [1.165, 1.54) is 6.07 Å². The van der Waals surface area contributed by atoms with Crippen molar-refractivity contribution in [1.82, 2.24) is 0 Å². The molecule has 0 aliphatic heterocycles. The second kappa shape index (κ2) is 6.78. The summed E-state index contributed by atoms with van der Waals surface area (Å²) in [6, 6.07) is 3.28. The van der Waals surface area contributed by atoms with Crippen LogP contribution in [0, 0.1) is 10.7 Å². The molecule has 0 atom stereocenters. The number of aliphatic carboxylic acids is 1. The number of benzene rings is 1. The maximum absolute atomic E-state index is 12.7. The van der Waals surface area contributed by atoms with E-state index in [-0.39, 0.29) is 5.56 Å². The molecule has 0 amide bonds. The van der Waals surface area contributed by atoms with Crippen LogP contribution in [-0.2, 0) is 9.53 Å². The summed E-state index contributed by atoms with van der Waals surface area (Å²) in [5, 5.41) is 10.1. The zero-order valence-electron chi connectivity index (χ0n) is 8.88. The number of carbonyl (C=O) groups excluding carboxylic acids is 2. The van der Waals surface area contributed by atoms with Crippen LogP contribution in [0.2, 0.25) is 0 Å². The second-order valence-corrected chi connectivity index (χ2v) is 6.80. The van der Waals surface area contributed by atoms with Gasteiger partial charge in [-0.2, -0.15) is 8.78 Å². The van der Waals surface area contributed by atoms with E-state index in [9.17, 15) is 23.5 Å². The Hall–Kier alpha value is 0.210. The van der Waals surface area contributed by atoms with Crippen LogP contribution in [-0.4, -0.2) is 24.5 Å². The lowest BCUT2D eigenvalue weighted by Crippen LogP contribution is -2.45. The van der Waals surface area contributed by atoms with Crippen LogP contribution < -0.4 is 5.11 Å². The summed E-state index contributed by atoms with van der Waals surface area (Å²) in [7, 11) is 0. The van der Waals surface area contributed by atoms with Gasteiger partial charge < -0.3 is 14.6 Å². The fraction of sp³-hybridized carbons (Fsp3) is 0.200. The van der Waals surface area contributed by atoms with Crippen LogP contribution >= 0.6 is 67.8 Å². The highest BCUT2D eigenvalue weighted by Crippen LogP contribution is 2.24. The molecule has 0 heterocycles. The Labute approximate surface area is 147 Å². The van der Waals surface area contributed by atoms with Gasteiger partial charge in [0.25, 0.3) is 0 Å². The van der Waals surface area contributed by atoms with Gasteiger partial charge in [-0.15, -0.1) is 0 Å². The molecule has 4 nitrogen and oxygen atoms in total. The number of carboxylic acids is 1. The summed E-state index contributed by atoms with van der Waals surface area (Å²) in [5.74, 6) is -7.77. The van der Waals surface area contributed by atoms with Gasteiger partial charge in [-0.1, -0.05) is 0 Å². The summed E-state index contributed by atoms with van der Waals surface area (Å²) >= 11 is 5.84. The number of esters is 1. The highest BCUT2D eigenvalue weighted by molar-refractivity contribution is 14.1. The molecule has 0 aliphatic carbocycles. The molecule has 0 radical (unpaired) electrons. The average Bonchev–Trinajstić information content (AvgIpc) is 2.30. The lowest BCUT2D eigenvalue weighted by Gasteiger charge is -2.17. The van der Waals surface area contributed by atoms with Crippen molar-refractivity contribution in [3.8, 4) is 0 Å². The predicted molar refractivity (Wildman–Crippen MR) is 84.8 cm³/mol. The maximum atomic E-state index is 12.7. The summed E-state index contributed by atoms with van der Waals surface area (Å²) in [4.78, 5) is 21.7. The van der Waals surface area contributed by atoms with Gasteiger partial charge in [0, 0.05) is 10.7 Å². The Balaban J connectivity index is 2.88. The third-order valence-corrected chi connectivity index (χ3v) is 5.56. The molecule has 0 unspecified atom stereocenters. The Bertz CT molecular complexity index is 534. The molecular weight excluding hydrogens is 603 g/mol. The number of carbonyl (C=O) groups is 2. The lowest BCUT2D eigenvalue weighted by atomic mass is 10.2. The van der Waals surface area contributed by atoms with Crippen molar-refractivity contribution in [3.63, 3.8) is 0 Å². The Kier molecular flexibility index (Phi) is 6.16. The lowest BCUT2D eigenvalue weighted by molar-refractivity contribution is -0.331. The minimum atomic E-state index is -4.20. The fourth-order valence-corrected chi connectivity index (χ4v) is 3.37. The van der Waals surface area contributed by atoms with Crippen LogP contribution in [0.5, 0.6) is 0 Å². The monoisotopic (exact) mass is 607 g/mol. The zero-order chi connectivity index (χ0) is 14.8. The van der Waals surface area contributed by atoms with Crippen LogP contribution in [0.15, 0.2) is 12.1 Å². The average molecular weight is 607 g/mol. The molecule has 0 saturated heterocycles. The molecule has 0 spiro atoms. The molecular formula is C10H4F2I3O4-. The number of halogens is 5. The normalized spacial score (nSPS) is 11.2. The molecule has 19 heavy (non-hydrogen) atoms. The molecule has 0 bridgehead atoms. The molecule has 0 aliphatic rings. The maximum Gasteiger partial charge on any atom is 0.339 e. The first kappa shape index (κ1) is 17.3. The molecule has 0 fully saturated rings. The van der Waals surface area contributed by atoms with Crippen molar-refractivity contribution in [2.75, 3.05) is 6.61 Å². The number of alkyl halides is 2. The highest BCUT2D eigenvalue weighted by atomic mass is 127. The van der Waals surface area contributed by atoms with E-state index in [4.69, 9.17) is 0 Å². The van der Waals surface area contributed by atoms with E-state index in [0.717, 1.165) is 7.14 Å². The third-order valence-electron chi connectivity index (χ3n) is 1.90. The quantitative estimate of drug-likeness (QED) is 0.299. The molecule has 1 aromatic carbocycles. The Morgan fingerprint density at radius 3 is 2.37 bits per heavy atom. The summed E-state index contributed by atoms with van der Waals surface area (Å²) < 4.78 is 31.9. The molecule has 0 saturated carbocycles. The molecule has 1 aromatic rings. The Morgan fingerprint density at radius 2 is 1.84 bits per heavy atom. The first-order valence-corrected chi connectivity index (χ1v) is 7.79. The van der Waals surface area contributed by atoms with Crippen molar-refractivity contribution in [3.05, 3.63) is 28.4 Å². The molecule has 104 valence electrons. The third kappa shape index (κ3) is 4.61. The van der Waals surface area contributed by atoms with E-state index in [0.29, 0.717) is 3.57 Å². The van der Waals surface area contributed by atoms with E-state index < -0.39 is 24.5 Å². The van der Waals surface area contributed by atoms with Crippen LogP contribution in [0.3, 0.4) is 0 Å². The van der Waals surface area contributed by atoms with Crippen molar-refractivity contribution < 1.29 is 28.2 Å². The summed E-state index contributed by atoms with van der Waals surface area (Å²) in [6.07, 6.45) is 0. The zero-order valence-corrected chi connectivity index (χ0v) is 15.4. The first-order chi connectivity index (χ1) is 8.65. The molecule has 1 rings (SSSR count).